The highest BCUT2D eigenvalue weighted by molar-refractivity contribution is 5.31. The number of aliphatic hydroxyl groups is 1. The molecule has 3 unspecified atom stereocenters. The van der Waals surface area contributed by atoms with Crippen LogP contribution < -0.4 is 0 Å². The van der Waals surface area contributed by atoms with E-state index in [1.54, 1.807) is 7.11 Å². The Balaban J connectivity index is 1.75. The first kappa shape index (κ1) is 15.0. The lowest BCUT2D eigenvalue weighted by atomic mass is 9.93. The van der Waals surface area contributed by atoms with E-state index in [9.17, 15) is 5.11 Å². The summed E-state index contributed by atoms with van der Waals surface area (Å²) >= 11 is 0. The molecule has 0 radical (unpaired) electrons. The van der Waals surface area contributed by atoms with Crippen molar-refractivity contribution in [3.8, 4) is 0 Å². The lowest BCUT2D eigenvalue weighted by Gasteiger charge is -2.40. The zero-order valence-corrected chi connectivity index (χ0v) is 13.0. The summed E-state index contributed by atoms with van der Waals surface area (Å²) in [6.45, 7) is 3.03. The molecule has 21 heavy (non-hydrogen) atoms. The molecule has 1 N–H and O–H groups in total. The van der Waals surface area contributed by atoms with Gasteiger partial charge in [0, 0.05) is 19.7 Å². The van der Waals surface area contributed by atoms with Crippen molar-refractivity contribution in [1.29, 1.82) is 0 Å². The summed E-state index contributed by atoms with van der Waals surface area (Å²) in [7, 11) is 1.79. The van der Waals surface area contributed by atoms with Crippen molar-refractivity contribution in [2.24, 2.45) is 5.92 Å². The number of hydrogen-bond acceptors (Lipinski definition) is 3. The van der Waals surface area contributed by atoms with E-state index in [1.165, 1.54) is 24.8 Å². The molecule has 1 aliphatic heterocycles. The van der Waals surface area contributed by atoms with Gasteiger partial charge in [-0.05, 0) is 55.7 Å². The van der Waals surface area contributed by atoms with E-state index in [1.807, 2.05) is 6.07 Å². The SMILES string of the molecule is COCC1CCCN(C2CCCc3ccccc3C2O)C1. The van der Waals surface area contributed by atoms with Crippen LogP contribution in [0.15, 0.2) is 24.3 Å². The van der Waals surface area contributed by atoms with Gasteiger partial charge in [0.05, 0.1) is 12.7 Å². The largest absolute Gasteiger partial charge is 0.387 e. The van der Waals surface area contributed by atoms with Gasteiger partial charge >= 0.3 is 0 Å². The number of rotatable bonds is 3. The first-order chi connectivity index (χ1) is 10.3. The lowest BCUT2D eigenvalue weighted by Crippen LogP contribution is -2.46. The summed E-state index contributed by atoms with van der Waals surface area (Å²) in [5, 5.41) is 10.9. The van der Waals surface area contributed by atoms with E-state index >= 15 is 0 Å². The van der Waals surface area contributed by atoms with Crippen LogP contribution in [0.1, 0.15) is 42.9 Å². The molecule has 1 aromatic carbocycles. The Morgan fingerprint density at radius 1 is 1.24 bits per heavy atom. The van der Waals surface area contributed by atoms with Crippen molar-refractivity contribution < 1.29 is 9.84 Å². The number of methoxy groups -OCH3 is 1. The highest BCUT2D eigenvalue weighted by Gasteiger charge is 2.33. The number of nitrogens with zero attached hydrogens (tertiary/aromatic N) is 1. The van der Waals surface area contributed by atoms with E-state index in [0.29, 0.717) is 5.92 Å². The topological polar surface area (TPSA) is 32.7 Å². The normalized spacial score (nSPS) is 30.7. The molecular formula is C18H27NO2. The molecule has 3 nitrogen and oxygen atoms in total. The number of aliphatic hydroxyl groups excluding tert-OH is 1. The minimum absolute atomic E-state index is 0.272. The number of benzene rings is 1. The molecule has 116 valence electrons. The fourth-order valence-electron chi connectivity index (χ4n) is 4.07. The van der Waals surface area contributed by atoms with Gasteiger partial charge in [0.2, 0.25) is 0 Å². The molecule has 1 heterocycles. The molecule has 1 fully saturated rings. The van der Waals surface area contributed by atoms with Gasteiger partial charge < -0.3 is 9.84 Å². The van der Waals surface area contributed by atoms with Gasteiger partial charge in [-0.2, -0.15) is 0 Å². The second-order valence-corrected chi connectivity index (χ2v) is 6.56. The molecule has 3 heteroatoms. The minimum Gasteiger partial charge on any atom is -0.387 e. The first-order valence-electron chi connectivity index (χ1n) is 8.28. The maximum atomic E-state index is 10.9. The monoisotopic (exact) mass is 289 g/mol. The fraction of sp³-hybridized carbons (Fsp3) is 0.667. The summed E-state index contributed by atoms with van der Waals surface area (Å²) in [4.78, 5) is 2.51. The van der Waals surface area contributed by atoms with Crippen LogP contribution in [-0.2, 0) is 11.2 Å². The van der Waals surface area contributed by atoms with Crippen LogP contribution >= 0.6 is 0 Å². The third-order valence-corrected chi connectivity index (χ3v) is 5.11. The highest BCUT2D eigenvalue weighted by Crippen LogP contribution is 2.33. The Kier molecular flexibility index (Phi) is 4.94. The van der Waals surface area contributed by atoms with Crippen molar-refractivity contribution in [2.45, 2.75) is 44.2 Å². The van der Waals surface area contributed by atoms with Crippen LogP contribution in [0.4, 0.5) is 0 Å². The Morgan fingerprint density at radius 2 is 2.10 bits per heavy atom. The predicted octanol–water partition coefficient (Wildman–Crippen LogP) is 2.78. The van der Waals surface area contributed by atoms with E-state index < -0.39 is 0 Å². The highest BCUT2D eigenvalue weighted by atomic mass is 16.5. The van der Waals surface area contributed by atoms with Crippen LogP contribution in [0.2, 0.25) is 0 Å². The molecule has 1 saturated heterocycles. The Bertz CT molecular complexity index is 460. The number of aryl methyl sites for hydroxylation is 1. The molecule has 0 bridgehead atoms. The van der Waals surface area contributed by atoms with E-state index in [4.69, 9.17) is 4.74 Å². The van der Waals surface area contributed by atoms with Crippen molar-refractivity contribution in [2.75, 3.05) is 26.8 Å². The third kappa shape index (κ3) is 3.31. The van der Waals surface area contributed by atoms with Gasteiger partial charge in [-0.3, -0.25) is 4.90 Å². The third-order valence-electron chi connectivity index (χ3n) is 5.11. The Morgan fingerprint density at radius 3 is 2.95 bits per heavy atom. The standard InChI is InChI=1S/C18H27NO2/c1-21-13-14-6-5-11-19(12-14)17-10-4-8-15-7-2-3-9-16(15)18(17)20/h2-3,7,9,14,17-18,20H,4-6,8,10-13H2,1H3. The number of piperidine rings is 1. The van der Waals surface area contributed by atoms with Gasteiger partial charge in [0.25, 0.3) is 0 Å². The van der Waals surface area contributed by atoms with Crippen LogP contribution in [0, 0.1) is 5.92 Å². The van der Waals surface area contributed by atoms with Crippen LogP contribution in [-0.4, -0.2) is 42.9 Å². The molecule has 3 atom stereocenters. The predicted molar refractivity (Wildman–Crippen MR) is 84.3 cm³/mol. The summed E-state index contributed by atoms with van der Waals surface area (Å²) in [5.74, 6) is 0.620. The van der Waals surface area contributed by atoms with Crippen LogP contribution in [0.25, 0.3) is 0 Å². The number of hydrogen-bond donors (Lipinski definition) is 1. The lowest BCUT2D eigenvalue weighted by molar-refractivity contribution is 0.00664. The average Bonchev–Trinajstić information content (AvgIpc) is 2.68. The van der Waals surface area contributed by atoms with Crippen molar-refractivity contribution in [3.63, 3.8) is 0 Å². The molecule has 3 rings (SSSR count). The molecule has 0 amide bonds. The molecule has 1 aliphatic carbocycles. The van der Waals surface area contributed by atoms with Gasteiger partial charge in [-0.15, -0.1) is 0 Å². The van der Waals surface area contributed by atoms with Crippen molar-refractivity contribution in [1.82, 2.24) is 4.90 Å². The zero-order chi connectivity index (χ0) is 14.7. The van der Waals surface area contributed by atoms with Gasteiger partial charge in [-0.25, -0.2) is 0 Å². The van der Waals surface area contributed by atoms with E-state index in [0.717, 1.165) is 38.1 Å². The maximum absolute atomic E-state index is 10.9. The molecule has 0 saturated carbocycles. The zero-order valence-electron chi connectivity index (χ0n) is 13.0. The molecule has 0 spiro atoms. The maximum Gasteiger partial charge on any atom is 0.0947 e. The molecule has 1 aromatic rings. The van der Waals surface area contributed by atoms with Crippen LogP contribution in [0.5, 0.6) is 0 Å². The molecular weight excluding hydrogens is 262 g/mol. The summed E-state index contributed by atoms with van der Waals surface area (Å²) < 4.78 is 5.34. The number of ether oxygens (including phenoxy) is 1. The van der Waals surface area contributed by atoms with Gasteiger partial charge in [0.1, 0.15) is 0 Å². The summed E-state index contributed by atoms with van der Waals surface area (Å²) in [6.07, 6.45) is 5.49. The Labute approximate surface area is 127 Å². The summed E-state index contributed by atoms with van der Waals surface area (Å²) in [6, 6.07) is 8.68. The fourth-order valence-corrected chi connectivity index (χ4v) is 4.07. The van der Waals surface area contributed by atoms with Crippen molar-refractivity contribution >= 4 is 0 Å². The minimum atomic E-state index is -0.343. The smallest absolute Gasteiger partial charge is 0.0947 e. The second kappa shape index (κ2) is 6.91. The molecule has 0 aromatic heterocycles. The first-order valence-corrected chi connectivity index (χ1v) is 8.28. The number of likely N-dealkylation sites (tertiary alicyclic amines) is 1. The summed E-state index contributed by atoms with van der Waals surface area (Å²) in [5.41, 5.74) is 2.48. The van der Waals surface area contributed by atoms with Gasteiger partial charge in [0.15, 0.2) is 0 Å². The quantitative estimate of drug-likeness (QED) is 0.869. The Hall–Kier alpha value is -0.900. The van der Waals surface area contributed by atoms with E-state index in [-0.39, 0.29) is 12.1 Å². The second-order valence-electron chi connectivity index (χ2n) is 6.56. The van der Waals surface area contributed by atoms with Gasteiger partial charge in [-0.1, -0.05) is 24.3 Å². The van der Waals surface area contributed by atoms with Crippen molar-refractivity contribution in [3.05, 3.63) is 35.4 Å². The number of fused-ring (bicyclic) bond motifs is 1. The van der Waals surface area contributed by atoms with Crippen LogP contribution in [0.3, 0.4) is 0 Å². The van der Waals surface area contributed by atoms with E-state index in [2.05, 4.69) is 23.1 Å². The average molecular weight is 289 g/mol. The molecule has 2 aliphatic rings.